The molecule has 76 heavy (non-hydrogen) atoms. The summed E-state index contributed by atoms with van der Waals surface area (Å²) in [5, 5.41) is 23.2. The van der Waals surface area contributed by atoms with Gasteiger partial charge in [-0.3, -0.25) is 9.59 Å². The second-order valence-electron chi connectivity index (χ2n) is 23.1. The summed E-state index contributed by atoms with van der Waals surface area (Å²) in [6, 6.07) is -0.632. The summed E-state index contributed by atoms with van der Waals surface area (Å²) in [5.74, 6) is -0.0674. The smallest absolute Gasteiger partial charge is 0.305 e. The molecule has 0 aliphatic carbocycles. The van der Waals surface area contributed by atoms with E-state index in [9.17, 15) is 19.8 Å². The predicted molar refractivity (Wildman–Crippen MR) is 333 cm³/mol. The molecule has 6 heteroatoms. The molecule has 0 aromatic carbocycles. The van der Waals surface area contributed by atoms with E-state index in [0.717, 1.165) is 51.4 Å². The van der Waals surface area contributed by atoms with Crippen LogP contribution in [0.4, 0.5) is 0 Å². The number of hydrogen-bond acceptors (Lipinski definition) is 5. The van der Waals surface area contributed by atoms with Crippen molar-refractivity contribution in [1.82, 2.24) is 5.32 Å². The summed E-state index contributed by atoms with van der Waals surface area (Å²) in [4.78, 5) is 24.5. The second kappa shape index (κ2) is 65.3. The van der Waals surface area contributed by atoms with E-state index >= 15 is 0 Å². The number of aliphatic hydroxyl groups is 2. The first kappa shape index (κ1) is 73.8. The van der Waals surface area contributed by atoms with Gasteiger partial charge in [0.1, 0.15) is 0 Å². The van der Waals surface area contributed by atoms with E-state index in [0.29, 0.717) is 19.4 Å². The minimum atomic E-state index is -0.848. The Bertz CT molecular complexity index is 1270. The lowest BCUT2D eigenvalue weighted by Crippen LogP contribution is -2.45. The van der Waals surface area contributed by atoms with E-state index in [1.54, 1.807) is 6.08 Å². The minimum absolute atomic E-state index is 0.00167. The molecule has 0 fully saturated rings. The van der Waals surface area contributed by atoms with Crippen LogP contribution < -0.4 is 5.32 Å². The standard InChI is InChI=1S/C70H131NO5/c1-3-5-7-9-11-13-15-17-19-20-32-35-38-42-46-50-54-58-62-68(73)67(66-72)71-69(74)63-59-55-51-47-43-39-36-33-30-28-26-24-22-21-23-25-27-29-31-34-37-41-45-49-53-57-61-65-76-70(75)64-60-56-52-48-44-40-18-16-14-12-10-8-6-4-2/h16,18,21-22,25,27,58,62,67-68,72-73H,3-15,17,19-20,23-24,26,28-57,59-61,63-66H2,1-2H3,(H,71,74)/b18-16-,22-21-,27-25-,62-58+. The Morgan fingerprint density at radius 2 is 0.658 bits per heavy atom. The first-order chi connectivity index (χ1) is 37.5. The van der Waals surface area contributed by atoms with Crippen LogP contribution in [0.15, 0.2) is 48.6 Å². The summed E-state index contributed by atoms with van der Waals surface area (Å²) in [6.45, 7) is 4.91. The van der Waals surface area contributed by atoms with Crippen molar-refractivity contribution in [3.8, 4) is 0 Å². The van der Waals surface area contributed by atoms with E-state index in [2.05, 4.69) is 55.6 Å². The quantitative estimate of drug-likeness (QED) is 0.0320. The molecule has 0 aliphatic heterocycles. The molecule has 446 valence electrons. The Balaban J connectivity index is 3.45. The van der Waals surface area contributed by atoms with Crippen LogP contribution in [-0.2, 0) is 14.3 Å². The van der Waals surface area contributed by atoms with E-state index < -0.39 is 12.1 Å². The third-order valence-electron chi connectivity index (χ3n) is 15.6. The Morgan fingerprint density at radius 1 is 0.368 bits per heavy atom. The highest BCUT2D eigenvalue weighted by Gasteiger charge is 2.18. The molecule has 0 bridgehead atoms. The highest BCUT2D eigenvalue weighted by atomic mass is 16.5. The van der Waals surface area contributed by atoms with Gasteiger partial charge in [-0.1, -0.05) is 306 Å². The molecule has 0 heterocycles. The van der Waals surface area contributed by atoms with Gasteiger partial charge in [0.15, 0.2) is 0 Å². The summed E-state index contributed by atoms with van der Waals surface area (Å²) in [6.07, 6.45) is 84.6. The van der Waals surface area contributed by atoms with E-state index in [-0.39, 0.29) is 18.5 Å². The number of allylic oxidation sites excluding steroid dienone is 7. The fraction of sp³-hybridized carbons (Fsp3) is 0.857. The Labute approximate surface area is 474 Å². The molecule has 0 saturated heterocycles. The van der Waals surface area contributed by atoms with Crippen LogP contribution in [0.2, 0.25) is 0 Å². The lowest BCUT2D eigenvalue weighted by atomic mass is 10.0. The van der Waals surface area contributed by atoms with Gasteiger partial charge in [0.2, 0.25) is 5.91 Å². The first-order valence-electron chi connectivity index (χ1n) is 33.9. The number of unbranched alkanes of at least 4 members (excludes halogenated alkanes) is 46. The maximum atomic E-state index is 12.5. The largest absolute Gasteiger partial charge is 0.466 e. The molecule has 3 N–H and O–H groups in total. The third kappa shape index (κ3) is 61.0. The number of carbonyl (C=O) groups is 2. The zero-order valence-corrected chi connectivity index (χ0v) is 51.0. The molecule has 0 radical (unpaired) electrons. The van der Waals surface area contributed by atoms with Gasteiger partial charge in [-0.25, -0.2) is 0 Å². The predicted octanol–water partition coefficient (Wildman–Crippen LogP) is 21.7. The molecular weight excluding hydrogens is 935 g/mol. The summed E-state index contributed by atoms with van der Waals surface area (Å²) < 4.78 is 5.48. The van der Waals surface area contributed by atoms with Crippen LogP contribution in [0.5, 0.6) is 0 Å². The Morgan fingerprint density at radius 3 is 1.01 bits per heavy atom. The number of esters is 1. The maximum Gasteiger partial charge on any atom is 0.305 e. The zero-order valence-electron chi connectivity index (χ0n) is 51.0. The van der Waals surface area contributed by atoms with Crippen LogP contribution in [0, 0.1) is 0 Å². The number of hydrogen-bond donors (Lipinski definition) is 3. The number of amides is 1. The van der Waals surface area contributed by atoms with Crippen LogP contribution >= 0.6 is 0 Å². The van der Waals surface area contributed by atoms with Crippen molar-refractivity contribution < 1.29 is 24.5 Å². The number of rotatable bonds is 63. The SMILES string of the molecule is CCCCCCC/C=C\CCCCCCCC(=O)OCCCCCCCCCCC/C=C\C/C=C\CCCCCCCCCCCCCC(=O)NC(CO)C(O)/C=C/CCCCCCCCCCCCCCCCCC. The van der Waals surface area contributed by atoms with Crippen molar-refractivity contribution >= 4 is 11.9 Å². The molecule has 6 nitrogen and oxygen atoms in total. The zero-order chi connectivity index (χ0) is 55.0. The normalized spacial score (nSPS) is 12.8. The van der Waals surface area contributed by atoms with Crippen molar-refractivity contribution in [2.45, 2.75) is 373 Å². The highest BCUT2D eigenvalue weighted by Crippen LogP contribution is 2.17. The molecule has 0 saturated carbocycles. The van der Waals surface area contributed by atoms with Gasteiger partial charge in [-0.05, 0) is 89.9 Å². The lowest BCUT2D eigenvalue weighted by Gasteiger charge is -2.20. The average Bonchev–Trinajstić information content (AvgIpc) is 3.42. The monoisotopic (exact) mass is 1070 g/mol. The highest BCUT2D eigenvalue weighted by molar-refractivity contribution is 5.76. The van der Waals surface area contributed by atoms with Crippen molar-refractivity contribution in [2.24, 2.45) is 0 Å². The second-order valence-corrected chi connectivity index (χ2v) is 23.1. The van der Waals surface area contributed by atoms with E-state index in [4.69, 9.17) is 4.74 Å². The summed E-state index contributed by atoms with van der Waals surface area (Å²) in [5.41, 5.74) is 0. The maximum absolute atomic E-state index is 12.5. The Hall–Kier alpha value is -2.18. The fourth-order valence-corrected chi connectivity index (χ4v) is 10.4. The van der Waals surface area contributed by atoms with Gasteiger partial charge < -0.3 is 20.3 Å². The number of ether oxygens (including phenoxy) is 1. The van der Waals surface area contributed by atoms with Gasteiger partial charge in [0.25, 0.3) is 0 Å². The van der Waals surface area contributed by atoms with Crippen molar-refractivity contribution in [2.75, 3.05) is 13.2 Å². The van der Waals surface area contributed by atoms with E-state index in [1.165, 1.54) is 283 Å². The average molecular weight is 1070 g/mol. The fourth-order valence-electron chi connectivity index (χ4n) is 10.4. The van der Waals surface area contributed by atoms with Crippen molar-refractivity contribution in [3.05, 3.63) is 48.6 Å². The molecule has 0 aliphatic rings. The van der Waals surface area contributed by atoms with Gasteiger partial charge >= 0.3 is 5.97 Å². The van der Waals surface area contributed by atoms with Crippen LogP contribution in [0.1, 0.15) is 361 Å². The molecule has 2 atom stereocenters. The van der Waals surface area contributed by atoms with Crippen LogP contribution in [0.3, 0.4) is 0 Å². The van der Waals surface area contributed by atoms with E-state index in [1.807, 2.05) is 6.08 Å². The lowest BCUT2D eigenvalue weighted by molar-refractivity contribution is -0.143. The molecule has 1 amide bonds. The van der Waals surface area contributed by atoms with Crippen LogP contribution in [0.25, 0.3) is 0 Å². The summed E-state index contributed by atoms with van der Waals surface area (Å²) in [7, 11) is 0. The topological polar surface area (TPSA) is 95.9 Å². The summed E-state index contributed by atoms with van der Waals surface area (Å²) >= 11 is 0. The number of aliphatic hydroxyl groups excluding tert-OH is 2. The number of nitrogens with one attached hydrogen (secondary N) is 1. The Kier molecular flexibility index (Phi) is 63.5. The molecule has 0 rings (SSSR count). The molecular formula is C70H131NO5. The van der Waals surface area contributed by atoms with Gasteiger partial charge in [-0.15, -0.1) is 0 Å². The van der Waals surface area contributed by atoms with Crippen molar-refractivity contribution in [1.29, 1.82) is 0 Å². The molecule has 2 unspecified atom stereocenters. The first-order valence-corrected chi connectivity index (χ1v) is 33.9. The third-order valence-corrected chi connectivity index (χ3v) is 15.6. The molecule has 0 aromatic heterocycles. The van der Waals surface area contributed by atoms with Gasteiger partial charge in [0, 0.05) is 12.8 Å². The minimum Gasteiger partial charge on any atom is -0.466 e. The van der Waals surface area contributed by atoms with Gasteiger partial charge in [0.05, 0.1) is 25.4 Å². The molecule has 0 spiro atoms. The van der Waals surface area contributed by atoms with Gasteiger partial charge in [-0.2, -0.15) is 0 Å². The number of carbonyl (C=O) groups excluding carboxylic acids is 2. The van der Waals surface area contributed by atoms with Crippen LogP contribution in [-0.4, -0.2) is 47.4 Å². The molecule has 0 aromatic rings. The van der Waals surface area contributed by atoms with Crippen molar-refractivity contribution in [3.63, 3.8) is 0 Å².